The second-order valence-corrected chi connectivity index (χ2v) is 22.3. The molecule has 0 heterocycles. The van der Waals surface area contributed by atoms with Crippen molar-refractivity contribution in [1.82, 2.24) is 0 Å². The van der Waals surface area contributed by atoms with E-state index in [0.29, 0.717) is 17.7 Å². The fraction of sp³-hybridized carbons (Fsp3) is 0.609. The van der Waals surface area contributed by atoms with Gasteiger partial charge >= 0.3 is 18.5 Å². The first-order valence-electron chi connectivity index (χ1n) is 21.2. The van der Waals surface area contributed by atoms with E-state index in [1.54, 1.807) is 0 Å². The normalized spacial score (nSPS) is 22.3. The van der Waals surface area contributed by atoms with Gasteiger partial charge in [0.25, 0.3) is 0 Å². The van der Waals surface area contributed by atoms with Crippen molar-refractivity contribution in [2.24, 2.45) is 5.92 Å². The predicted molar refractivity (Wildman–Crippen MR) is 218 cm³/mol. The van der Waals surface area contributed by atoms with Crippen LogP contribution >= 0.6 is 15.8 Å². The average molecular weight is 899 g/mol. The molecule has 4 fully saturated rings. The molecule has 0 N–H and O–H groups in total. The molecule has 322 valence electrons. The fourth-order valence-corrected chi connectivity index (χ4v) is 17.4. The molecule has 0 nitrogen and oxygen atoms in total. The molecule has 3 unspecified atom stereocenters. The van der Waals surface area contributed by atoms with Crippen LogP contribution in [0.25, 0.3) is 0 Å². The van der Waals surface area contributed by atoms with E-state index in [0.717, 1.165) is 37.1 Å². The van der Waals surface area contributed by atoms with E-state index in [1.165, 1.54) is 120 Å². The van der Waals surface area contributed by atoms with E-state index < -0.39 is 56.7 Å². The number of benzene rings is 3. The topological polar surface area (TPSA) is 0 Å². The van der Waals surface area contributed by atoms with Crippen molar-refractivity contribution in [3.63, 3.8) is 0 Å². The van der Waals surface area contributed by atoms with E-state index in [4.69, 9.17) is 0 Å². The molecule has 58 heavy (non-hydrogen) atoms. The summed E-state index contributed by atoms with van der Waals surface area (Å²) >= 11 is 0. The summed E-state index contributed by atoms with van der Waals surface area (Å²) in [6, 6.07) is 13.7. The number of hydrogen-bond acceptors (Lipinski definition) is 0. The second kappa shape index (κ2) is 20.5. The second-order valence-electron chi connectivity index (χ2n) is 16.9. The van der Waals surface area contributed by atoms with Crippen molar-refractivity contribution in [2.45, 2.75) is 171 Å². The first-order chi connectivity index (χ1) is 27.0. The SMILES string of the molecule is C1CCCC1.Cc1cc(P(c2cc(C(F)(F)F)cc(C(F)(F)F)c2)[C@H](C)C2CCCC2c2ccccc2P(C2CCCCC2)C2CCCCC2)cc(C(F)(F)F)c1.[Fe]. The minimum atomic E-state index is -5.08. The average Bonchev–Trinajstić information content (AvgIpc) is 3.92. The fourth-order valence-electron chi connectivity index (χ4n) is 10.2. The Morgan fingerprint density at radius 3 is 1.43 bits per heavy atom. The van der Waals surface area contributed by atoms with E-state index in [2.05, 4.69) is 18.2 Å². The third-order valence-corrected chi connectivity index (χ3v) is 19.3. The zero-order chi connectivity index (χ0) is 41.0. The third kappa shape index (κ3) is 11.9. The molecule has 4 atom stereocenters. The van der Waals surface area contributed by atoms with Crippen LogP contribution in [0, 0.1) is 12.8 Å². The first-order valence-corrected chi connectivity index (χ1v) is 24.1. The van der Waals surface area contributed by atoms with Gasteiger partial charge in [0, 0.05) is 17.1 Å². The third-order valence-electron chi connectivity index (χ3n) is 12.9. The van der Waals surface area contributed by atoms with Gasteiger partial charge in [-0.3, -0.25) is 0 Å². The van der Waals surface area contributed by atoms with E-state index in [-0.39, 0.29) is 51.1 Å². The molecule has 0 bridgehead atoms. The van der Waals surface area contributed by atoms with Crippen LogP contribution in [0.3, 0.4) is 0 Å². The summed E-state index contributed by atoms with van der Waals surface area (Å²) in [5, 5.41) is 1.35. The summed E-state index contributed by atoms with van der Waals surface area (Å²) in [6.45, 7) is 3.34. The van der Waals surface area contributed by atoms with E-state index in [9.17, 15) is 39.5 Å². The van der Waals surface area contributed by atoms with Crippen molar-refractivity contribution in [2.75, 3.05) is 0 Å². The Morgan fingerprint density at radius 1 is 0.517 bits per heavy atom. The first kappa shape index (κ1) is 47.5. The summed E-state index contributed by atoms with van der Waals surface area (Å²) in [6.07, 6.45) is 7.18. The number of rotatable bonds is 8. The molecule has 4 saturated carbocycles. The van der Waals surface area contributed by atoms with Gasteiger partial charge in [0.2, 0.25) is 0 Å². The minimum absolute atomic E-state index is 0. The van der Waals surface area contributed by atoms with Crippen LogP contribution < -0.4 is 15.9 Å². The molecule has 4 aliphatic carbocycles. The van der Waals surface area contributed by atoms with Gasteiger partial charge < -0.3 is 0 Å². The molecule has 3 aromatic carbocycles. The van der Waals surface area contributed by atoms with Crippen molar-refractivity contribution in [3.05, 3.63) is 88.5 Å². The number of halogens is 9. The maximum absolute atomic E-state index is 14.2. The largest absolute Gasteiger partial charge is 0.416 e. The van der Waals surface area contributed by atoms with E-state index in [1.807, 2.05) is 13.0 Å². The zero-order valence-corrected chi connectivity index (χ0v) is 36.4. The van der Waals surface area contributed by atoms with Crippen molar-refractivity contribution < 1.29 is 56.6 Å². The Morgan fingerprint density at radius 2 is 0.948 bits per heavy atom. The van der Waals surface area contributed by atoms with Crippen LogP contribution in [0.15, 0.2) is 60.7 Å². The molecule has 0 aromatic heterocycles. The molecular formula is C46H57F9FeP2. The van der Waals surface area contributed by atoms with Gasteiger partial charge in [0.1, 0.15) is 0 Å². The van der Waals surface area contributed by atoms with Gasteiger partial charge in [-0.25, -0.2) is 0 Å². The predicted octanol–water partition coefficient (Wildman–Crippen LogP) is 15.2. The molecular weight excluding hydrogens is 841 g/mol. The monoisotopic (exact) mass is 898 g/mol. The summed E-state index contributed by atoms with van der Waals surface area (Å²) in [7, 11) is -2.59. The Hall–Kier alpha value is -1.59. The molecule has 0 saturated heterocycles. The van der Waals surface area contributed by atoms with Crippen molar-refractivity contribution in [1.29, 1.82) is 0 Å². The summed E-state index contributed by atoms with van der Waals surface area (Å²) in [5.41, 5.74) is -1.59. The number of hydrogen-bond donors (Lipinski definition) is 0. The van der Waals surface area contributed by atoms with Crippen LogP contribution in [-0.4, -0.2) is 17.0 Å². The Labute approximate surface area is 352 Å². The molecule has 0 amide bonds. The molecule has 0 aliphatic heterocycles. The molecule has 12 heteroatoms. The van der Waals surface area contributed by atoms with Crippen molar-refractivity contribution in [3.8, 4) is 0 Å². The molecule has 0 spiro atoms. The maximum atomic E-state index is 14.2. The van der Waals surface area contributed by atoms with E-state index >= 15 is 0 Å². The minimum Gasteiger partial charge on any atom is -0.166 e. The smallest absolute Gasteiger partial charge is 0.166 e. The summed E-state index contributed by atoms with van der Waals surface area (Å²) < 4.78 is 128. The van der Waals surface area contributed by atoms with Gasteiger partial charge in [-0.2, -0.15) is 39.5 Å². The van der Waals surface area contributed by atoms with Crippen molar-refractivity contribution >= 4 is 31.8 Å². The molecule has 7 rings (SSSR count). The Bertz CT molecular complexity index is 1700. The van der Waals surface area contributed by atoms with Crippen LogP contribution in [0.2, 0.25) is 0 Å². The number of aryl methyl sites for hydroxylation is 1. The summed E-state index contributed by atoms with van der Waals surface area (Å²) in [5.74, 6) is -0.131. The molecule has 0 radical (unpaired) electrons. The van der Waals surface area contributed by atoms with Gasteiger partial charge in [0.15, 0.2) is 0 Å². The van der Waals surface area contributed by atoms with Gasteiger partial charge in [-0.1, -0.05) is 122 Å². The quantitative estimate of drug-likeness (QED) is 0.120. The van der Waals surface area contributed by atoms with Crippen LogP contribution in [-0.2, 0) is 35.6 Å². The molecule has 4 aliphatic rings. The van der Waals surface area contributed by atoms with Crippen LogP contribution in [0.1, 0.15) is 156 Å². The van der Waals surface area contributed by atoms with Crippen LogP contribution in [0.5, 0.6) is 0 Å². The Balaban J connectivity index is 0.000000991. The number of alkyl halides is 9. The van der Waals surface area contributed by atoms with Gasteiger partial charge in [0.05, 0.1) is 16.7 Å². The van der Waals surface area contributed by atoms with Gasteiger partial charge in [-0.05, 0) is 140 Å². The summed E-state index contributed by atoms with van der Waals surface area (Å²) in [4.78, 5) is 0. The standard InChI is InChI=1S/C41H47F9P2.C5H10.Fe/c1-26-20-28(39(42,43)44)23-33(21-26)51(34-24-29(40(45,46)47)22-30(25-34)41(48,49)50)27(2)35-17-11-18-36(35)37-16-9-10-19-38(37)52(31-12-5-3-6-13-31)32-14-7-4-8-15-32;1-2-4-5-3-1;/h9-10,16,19-25,27,31-32,35-36H,3-8,11-15,17-18H2,1-2H3;1-5H2;/t27-,35?,36?,51?;;/m1../s1. The van der Waals surface area contributed by atoms with Crippen LogP contribution in [0.4, 0.5) is 39.5 Å². The molecule has 3 aromatic rings. The maximum Gasteiger partial charge on any atom is 0.416 e. The van der Waals surface area contributed by atoms with Gasteiger partial charge in [-0.15, -0.1) is 0 Å². The Kier molecular flexibility index (Phi) is 16.8. The zero-order valence-electron chi connectivity index (χ0n) is 33.5.